The number of primary amides is 2. The van der Waals surface area contributed by atoms with Gasteiger partial charge in [0.25, 0.3) is 0 Å². The van der Waals surface area contributed by atoms with Crippen molar-refractivity contribution < 1.29 is 161 Å². The number of carboxylic acid groups (broad SMARTS) is 2. The Morgan fingerprint density at radius 1 is 0.353 bits per heavy atom. The van der Waals surface area contributed by atoms with Crippen molar-refractivity contribution in [1.82, 2.24) is 0 Å². The van der Waals surface area contributed by atoms with E-state index in [9.17, 15) is 126 Å². The number of nitrogens with two attached hydrogens (primary N) is 2. The maximum Gasteiger partial charge on any atom is 0.460 e. The van der Waals surface area contributed by atoms with E-state index in [1.165, 1.54) is 0 Å². The largest absolute Gasteiger partial charge is 0.478 e. The molecule has 0 fully saturated rings. The zero-order valence-electron chi connectivity index (χ0n) is 30.6. The summed E-state index contributed by atoms with van der Waals surface area (Å²) >= 11 is 0. The van der Waals surface area contributed by atoms with Crippen LogP contribution in [0.5, 0.6) is 0 Å². The summed E-state index contributed by atoms with van der Waals surface area (Å²) in [6, 6.07) is -0.553. The number of hydrogen-bond donors (Lipinski definition) is 4. The number of carbonyl (C=O) groups is 4. The molecule has 2 rings (SSSR count). The minimum Gasteiger partial charge on any atom is -0.478 e. The molecule has 0 saturated carbocycles. The first-order valence-corrected chi connectivity index (χ1v) is 15.8. The minimum absolute atomic E-state index is 0.276. The molecule has 0 atom stereocenters. The third kappa shape index (κ3) is 7.81. The molecule has 388 valence electrons. The average molecular weight is 1070 g/mol. The highest BCUT2D eigenvalue weighted by molar-refractivity contribution is 6.24. The van der Waals surface area contributed by atoms with Gasteiger partial charge in [-0.3, -0.25) is 9.59 Å². The quantitative estimate of drug-likeness (QED) is 0.109. The minimum atomic E-state index is -9.24. The highest BCUT2D eigenvalue weighted by atomic mass is 19.4. The van der Waals surface area contributed by atoms with Crippen molar-refractivity contribution in [3.05, 3.63) is 45.5 Å². The molecule has 0 bridgehead atoms. The van der Waals surface area contributed by atoms with E-state index in [-0.39, 0.29) is 12.1 Å². The van der Waals surface area contributed by atoms with Crippen LogP contribution in [-0.4, -0.2) is 117 Å². The normalized spacial score (nSPS) is 15.2. The number of aromatic carboxylic acids is 2. The van der Waals surface area contributed by atoms with Crippen molar-refractivity contribution in [1.29, 1.82) is 0 Å². The van der Waals surface area contributed by atoms with Crippen molar-refractivity contribution in [2.45, 2.75) is 96.3 Å². The van der Waals surface area contributed by atoms with Crippen LogP contribution in [0.2, 0.25) is 0 Å². The first-order chi connectivity index (χ1) is 29.5. The average Bonchev–Trinajstić information content (AvgIpc) is 3.11. The number of fused-ring (bicyclic) bond motifs is 1. The second-order valence-corrected chi connectivity index (χ2v) is 13.5. The standard InChI is InChI=1S/C30H12F30N2O6/c31-17(32,19(35,36)21(39,40)23(43,44)25(47,48)27(51,52)29(55,56)57)3-7-8(12(14(62)64)10-6(16(67)68)2-1-5(15(65)66)9(10)11(7)13(61)63)4-18(33,34)20(37,38)22(41,42)24(45,46)26(49,50)28(53,54)30(58,59)60/h1-2H,3-4H2,(H2,61,63)(H2,62,64)(H,65,66)(H,67,68). The van der Waals surface area contributed by atoms with E-state index < -0.39 is 164 Å². The summed E-state index contributed by atoms with van der Waals surface area (Å²) in [6.07, 6.45) is -25.7. The number of amides is 2. The maximum atomic E-state index is 15.5. The van der Waals surface area contributed by atoms with E-state index in [2.05, 4.69) is 0 Å². The highest BCUT2D eigenvalue weighted by Gasteiger charge is 2.95. The van der Waals surface area contributed by atoms with Crippen molar-refractivity contribution in [2.75, 3.05) is 0 Å². The van der Waals surface area contributed by atoms with E-state index in [0.717, 1.165) is 0 Å². The molecule has 0 aliphatic rings. The molecule has 0 aromatic heterocycles. The molecule has 0 aliphatic carbocycles. The molecular formula is C30H12F30N2O6. The number of hydrogen-bond acceptors (Lipinski definition) is 4. The molecule has 0 unspecified atom stereocenters. The first kappa shape index (κ1) is 58.6. The van der Waals surface area contributed by atoms with Gasteiger partial charge in [-0.25, -0.2) is 9.59 Å². The van der Waals surface area contributed by atoms with Crippen LogP contribution in [0.3, 0.4) is 0 Å². The van der Waals surface area contributed by atoms with Gasteiger partial charge in [0.05, 0.1) is 22.3 Å². The Hall–Kier alpha value is -5.52. The van der Waals surface area contributed by atoms with E-state index in [1.807, 2.05) is 0 Å². The number of alkyl halides is 30. The molecule has 0 radical (unpaired) electrons. The zero-order chi connectivity index (χ0) is 54.8. The number of rotatable bonds is 18. The van der Waals surface area contributed by atoms with E-state index >= 15 is 35.1 Å². The van der Waals surface area contributed by atoms with Crippen molar-refractivity contribution >= 4 is 34.5 Å². The molecule has 0 spiro atoms. The van der Waals surface area contributed by atoms with Crippen LogP contribution in [0.15, 0.2) is 12.1 Å². The molecule has 68 heavy (non-hydrogen) atoms. The van der Waals surface area contributed by atoms with Crippen LogP contribution in [0.4, 0.5) is 132 Å². The Labute approximate surface area is 349 Å². The summed E-state index contributed by atoms with van der Waals surface area (Å²) in [7, 11) is 0. The molecular weight excluding hydrogens is 1050 g/mol. The summed E-state index contributed by atoms with van der Waals surface area (Å²) in [6.45, 7) is 0. The summed E-state index contributed by atoms with van der Waals surface area (Å²) in [5.74, 6) is -118. The van der Waals surface area contributed by atoms with Gasteiger partial charge in [-0.2, -0.15) is 132 Å². The van der Waals surface area contributed by atoms with Gasteiger partial charge in [-0.15, -0.1) is 0 Å². The molecule has 2 amide bonds. The summed E-state index contributed by atoms with van der Waals surface area (Å²) in [5, 5.41) is 14.3. The van der Waals surface area contributed by atoms with Gasteiger partial charge in [0.2, 0.25) is 11.8 Å². The summed E-state index contributed by atoms with van der Waals surface area (Å²) < 4.78 is 422. The van der Waals surface area contributed by atoms with Crippen LogP contribution in [0, 0.1) is 0 Å². The molecule has 0 saturated heterocycles. The van der Waals surface area contributed by atoms with Crippen LogP contribution >= 0.6 is 0 Å². The molecule has 2 aromatic rings. The van der Waals surface area contributed by atoms with Gasteiger partial charge in [0.1, 0.15) is 0 Å². The predicted octanol–water partition coefficient (Wildman–Crippen LogP) is 10.3. The second-order valence-electron chi connectivity index (χ2n) is 13.5. The fourth-order valence-corrected chi connectivity index (χ4v) is 5.68. The van der Waals surface area contributed by atoms with E-state index in [4.69, 9.17) is 11.5 Å². The Balaban J connectivity index is 3.45. The van der Waals surface area contributed by atoms with Crippen LogP contribution in [0.25, 0.3) is 10.8 Å². The Morgan fingerprint density at radius 2 is 0.544 bits per heavy atom. The van der Waals surface area contributed by atoms with Crippen LogP contribution in [0.1, 0.15) is 52.6 Å². The van der Waals surface area contributed by atoms with Gasteiger partial charge in [0.15, 0.2) is 0 Å². The van der Waals surface area contributed by atoms with Crippen molar-refractivity contribution in [3.8, 4) is 0 Å². The molecule has 38 heteroatoms. The van der Waals surface area contributed by atoms with E-state index in [0.29, 0.717) is 0 Å². The lowest BCUT2D eigenvalue weighted by Crippen LogP contribution is -2.73. The van der Waals surface area contributed by atoms with Crippen LogP contribution < -0.4 is 11.5 Å². The molecule has 8 nitrogen and oxygen atoms in total. The van der Waals surface area contributed by atoms with Crippen molar-refractivity contribution in [3.63, 3.8) is 0 Å². The lowest BCUT2D eigenvalue weighted by atomic mass is 9.78. The topological polar surface area (TPSA) is 161 Å². The fourth-order valence-electron chi connectivity index (χ4n) is 5.68. The Morgan fingerprint density at radius 3 is 0.721 bits per heavy atom. The number of carboxylic acids is 2. The van der Waals surface area contributed by atoms with Gasteiger partial charge >= 0.3 is 95.4 Å². The van der Waals surface area contributed by atoms with Gasteiger partial charge in [0, 0.05) is 23.6 Å². The third-order valence-electron chi connectivity index (χ3n) is 9.21. The second kappa shape index (κ2) is 16.0. The van der Waals surface area contributed by atoms with Gasteiger partial charge in [-0.1, -0.05) is 0 Å². The fraction of sp³-hybridized carbons (Fsp3) is 0.533. The lowest BCUT2D eigenvalue weighted by molar-refractivity contribution is -0.452. The molecule has 6 N–H and O–H groups in total. The Bertz CT molecular complexity index is 2220. The SMILES string of the molecule is NC(=O)c1c(CC(F)(F)C(F)(F)C(F)(F)C(F)(F)C(F)(F)C(F)(F)C(F)(F)F)c(CC(F)(F)C(F)(F)C(F)(F)C(F)(F)C(F)(F)C(F)(F)C(F)(F)F)c(C(N)=O)c2c(C(=O)O)ccc(C(=O)O)c12. The van der Waals surface area contributed by atoms with E-state index in [1.54, 1.807) is 0 Å². The summed E-state index contributed by atoms with van der Waals surface area (Å²) in [4.78, 5) is 49.4. The molecule has 0 heterocycles. The van der Waals surface area contributed by atoms with Gasteiger partial charge in [-0.05, 0) is 23.3 Å². The van der Waals surface area contributed by atoms with Gasteiger partial charge < -0.3 is 21.7 Å². The summed E-state index contributed by atoms with van der Waals surface area (Å²) in [5.41, 5.74) is -7.94. The first-order valence-electron chi connectivity index (χ1n) is 15.8. The highest BCUT2D eigenvalue weighted by Crippen LogP contribution is 2.65. The zero-order valence-corrected chi connectivity index (χ0v) is 30.6. The monoisotopic (exact) mass is 1070 g/mol. The maximum absolute atomic E-state index is 15.5. The molecule has 0 aliphatic heterocycles. The number of benzene rings is 2. The van der Waals surface area contributed by atoms with Crippen molar-refractivity contribution in [2.24, 2.45) is 11.5 Å². The third-order valence-corrected chi connectivity index (χ3v) is 9.21. The number of halogens is 30. The predicted molar refractivity (Wildman–Crippen MR) is 154 cm³/mol. The lowest BCUT2D eigenvalue weighted by Gasteiger charge is -2.42. The Kier molecular flexibility index (Phi) is 13.8. The molecule has 2 aromatic carbocycles. The number of carbonyl (C=O) groups excluding carboxylic acids is 2. The van der Waals surface area contributed by atoms with Crippen LogP contribution in [-0.2, 0) is 12.8 Å². The smallest absolute Gasteiger partial charge is 0.460 e.